The van der Waals surface area contributed by atoms with Gasteiger partial charge in [-0.15, -0.1) is 0 Å². The Morgan fingerprint density at radius 1 is 0.325 bits per heavy atom. The molecule has 0 radical (unpaired) electrons. The minimum absolute atomic E-state index is 0.227. The van der Waals surface area contributed by atoms with Crippen molar-refractivity contribution in [1.82, 2.24) is 4.90 Å². The van der Waals surface area contributed by atoms with Gasteiger partial charge in [0, 0.05) is 75.3 Å². The molecule has 10 aromatic rings. The van der Waals surface area contributed by atoms with Gasteiger partial charge in [0.1, 0.15) is 0 Å². The number of benzene rings is 10. The fourth-order valence-corrected chi connectivity index (χ4v) is 13.7. The Hall–Kier alpha value is -11.7. The fourth-order valence-electron chi connectivity index (χ4n) is 13.7. The molecule has 1 saturated heterocycles. The molecular formula is C95H114N18O. The minimum Gasteiger partial charge on any atom is -0.372 e. The van der Waals surface area contributed by atoms with Crippen LogP contribution < -0.4 is 14.7 Å². The third-order valence-electron chi connectivity index (χ3n) is 20.8. The fraction of sp³-hybridized carbons (Fsp3) is 0.358. The molecule has 590 valence electrons. The largest absolute Gasteiger partial charge is 0.372 e. The van der Waals surface area contributed by atoms with Crippen molar-refractivity contribution in [3.8, 4) is 0 Å². The number of aryl methyl sites for hydroxylation is 5. The minimum atomic E-state index is 0.227. The lowest BCUT2D eigenvalue weighted by molar-refractivity contribution is -0.137. The van der Waals surface area contributed by atoms with Crippen molar-refractivity contribution in [2.45, 2.75) is 159 Å². The number of rotatable bonds is 32. The first kappa shape index (κ1) is 84.7. The molecule has 1 amide bonds. The number of carbonyl (C=O) groups is 1. The van der Waals surface area contributed by atoms with Gasteiger partial charge in [-0.25, -0.2) is 0 Å². The maximum absolute atomic E-state index is 13.3. The van der Waals surface area contributed by atoms with Gasteiger partial charge in [-0.2, -0.15) is 71.6 Å². The van der Waals surface area contributed by atoms with Gasteiger partial charge in [0.05, 0.1) is 79.6 Å². The highest BCUT2D eigenvalue weighted by Gasteiger charge is 2.31. The zero-order valence-electron chi connectivity index (χ0n) is 68.6. The van der Waals surface area contributed by atoms with Gasteiger partial charge < -0.3 is 19.6 Å². The lowest BCUT2D eigenvalue weighted by Crippen LogP contribution is -2.50. The number of unbranched alkanes of at least 4 members (excludes halogenated alkanes) is 4. The zero-order valence-corrected chi connectivity index (χ0v) is 68.6. The Bertz CT molecular complexity index is 4770. The van der Waals surface area contributed by atoms with Crippen molar-refractivity contribution >= 4 is 103 Å². The smallest absolute Gasteiger partial charge is 0.225 e. The molecule has 10 aromatic carbocycles. The van der Waals surface area contributed by atoms with Crippen LogP contribution in [0.4, 0.5) is 96.7 Å². The number of anilines is 3. The highest BCUT2D eigenvalue weighted by molar-refractivity contribution is 5.79. The molecular weight excluding hydrogens is 1410 g/mol. The lowest BCUT2D eigenvalue weighted by atomic mass is 9.79. The van der Waals surface area contributed by atoms with Crippen LogP contribution in [0.5, 0.6) is 0 Å². The molecule has 1 heterocycles. The maximum atomic E-state index is 13.3. The molecule has 0 aromatic heterocycles. The van der Waals surface area contributed by atoms with Crippen LogP contribution in [0, 0.1) is 32.6 Å². The van der Waals surface area contributed by atoms with Crippen LogP contribution in [-0.2, 0) is 17.6 Å². The van der Waals surface area contributed by atoms with Crippen LogP contribution in [0.3, 0.4) is 0 Å². The average molecular weight is 1520 g/mol. The number of nitrogens with zero attached hydrogens (tertiary/aromatic N) is 18. The van der Waals surface area contributed by atoms with Crippen molar-refractivity contribution < 1.29 is 4.79 Å². The van der Waals surface area contributed by atoms with E-state index in [1.165, 1.54) is 86.7 Å². The molecule has 0 spiro atoms. The van der Waals surface area contributed by atoms with E-state index in [0.717, 1.165) is 186 Å². The van der Waals surface area contributed by atoms with E-state index < -0.39 is 0 Å². The molecule has 2 aliphatic rings. The van der Waals surface area contributed by atoms with Gasteiger partial charge in [0.15, 0.2) is 0 Å². The Kier molecular flexibility index (Phi) is 34.0. The molecule has 0 atom stereocenters. The van der Waals surface area contributed by atoms with Gasteiger partial charge in [-0.05, 0) is 322 Å². The number of hydrogen-bond donors (Lipinski definition) is 0. The van der Waals surface area contributed by atoms with E-state index in [4.69, 9.17) is 0 Å². The molecule has 0 bridgehead atoms. The van der Waals surface area contributed by atoms with Crippen LogP contribution in [0.2, 0.25) is 0 Å². The van der Waals surface area contributed by atoms with E-state index in [-0.39, 0.29) is 5.92 Å². The van der Waals surface area contributed by atoms with Crippen LogP contribution >= 0.6 is 0 Å². The summed E-state index contributed by atoms with van der Waals surface area (Å²) in [5, 5.41) is 61.3. The summed E-state index contributed by atoms with van der Waals surface area (Å²) < 4.78 is 0. The maximum Gasteiger partial charge on any atom is 0.225 e. The Morgan fingerprint density at radius 3 is 0.991 bits per heavy atom. The normalized spacial score (nSPS) is 14.5. The Balaban J connectivity index is 0.000000195. The first-order valence-electron chi connectivity index (χ1n) is 41.2. The van der Waals surface area contributed by atoms with E-state index >= 15 is 0 Å². The second-order valence-corrected chi connectivity index (χ2v) is 29.1. The van der Waals surface area contributed by atoms with Crippen molar-refractivity contribution in [1.29, 1.82) is 0 Å². The zero-order chi connectivity index (χ0) is 80.1. The van der Waals surface area contributed by atoms with Crippen molar-refractivity contribution in [2.75, 3.05) is 67.1 Å². The van der Waals surface area contributed by atoms with E-state index in [1.807, 2.05) is 177 Å². The van der Waals surface area contributed by atoms with Crippen molar-refractivity contribution in [3.05, 3.63) is 258 Å². The molecule has 12 rings (SSSR count). The third kappa shape index (κ3) is 27.0. The molecule has 114 heavy (non-hydrogen) atoms. The molecule has 2 fully saturated rings. The summed E-state index contributed by atoms with van der Waals surface area (Å²) in [7, 11) is 0. The molecule has 1 aliphatic heterocycles. The lowest BCUT2D eigenvalue weighted by Gasteiger charge is -2.39. The molecule has 1 saturated carbocycles. The summed E-state index contributed by atoms with van der Waals surface area (Å²) in [6.07, 6.45) is 16.9. The van der Waals surface area contributed by atoms with Gasteiger partial charge in [0.2, 0.25) is 5.91 Å². The summed E-state index contributed by atoms with van der Waals surface area (Å²) >= 11 is 0. The van der Waals surface area contributed by atoms with Gasteiger partial charge in [-0.3, -0.25) is 4.79 Å². The predicted octanol–water partition coefficient (Wildman–Crippen LogP) is 30.3. The van der Waals surface area contributed by atoms with E-state index in [2.05, 4.69) is 214 Å². The number of hydrogen-bond acceptors (Lipinski definition) is 18. The predicted molar refractivity (Wildman–Crippen MR) is 471 cm³/mol. The Morgan fingerprint density at radius 2 is 0.640 bits per heavy atom. The average Bonchev–Trinajstić information content (AvgIpc) is 0.833. The molecule has 1 aliphatic carbocycles. The number of azo groups is 7. The second kappa shape index (κ2) is 45.7. The van der Waals surface area contributed by atoms with Gasteiger partial charge in [-0.1, -0.05) is 102 Å². The summed E-state index contributed by atoms with van der Waals surface area (Å²) in [5.41, 5.74) is 20.7. The molecule has 0 unspecified atom stereocenters. The first-order chi connectivity index (χ1) is 55.8. The van der Waals surface area contributed by atoms with E-state index in [1.54, 1.807) is 0 Å². The van der Waals surface area contributed by atoms with E-state index in [9.17, 15) is 4.79 Å². The summed E-state index contributed by atoms with van der Waals surface area (Å²) in [5.74, 6) is 1.44. The van der Waals surface area contributed by atoms with Crippen molar-refractivity contribution in [3.63, 3.8) is 0 Å². The number of piperazine rings is 1. The van der Waals surface area contributed by atoms with Crippen LogP contribution in [0.25, 0.3) is 0 Å². The first-order valence-corrected chi connectivity index (χ1v) is 41.2. The third-order valence-corrected chi connectivity index (χ3v) is 20.8. The second-order valence-electron chi connectivity index (χ2n) is 29.1. The molecule has 19 heteroatoms. The van der Waals surface area contributed by atoms with Crippen molar-refractivity contribution in [2.24, 2.45) is 83.4 Å². The van der Waals surface area contributed by atoms with Crippen LogP contribution in [-0.4, -0.2) is 63.2 Å². The quantitative estimate of drug-likeness (QED) is 0.0298. The standard InChI is InChI=1S/C45H56N8O.C27H33N5.C23H25N5/c1-4-6-8-10-36-11-15-37(16-12-36)45(54)53-31-29-52(30-32-53)43-26-23-41(24-27-43)48-50-42-25-28-44(34(3)33-42)51-49-40-21-19-39(20-22-40)47-46-38-17-13-35(14-18-38)9-7-5-2;1-5-8-9-22-10-12-23(13-11-22)28-29-24-14-16-25(17-15-24)30-31-27-19-18-26(20-21(27)4)32(6-2)7-3;1-4-28(5-2)22-15-16-23(18(3)17-22)27-26-21-13-11-20(12-14-21)25-24-19-9-7-6-8-10-19/h13-14,17-28,33,36-37H,4-12,15-16,29-32H2,1-3H3;10-20H,5-9H2,1-4H3;6-17H,4-5H2,1-3H3. The Labute approximate surface area is 676 Å². The van der Waals surface area contributed by atoms with Gasteiger partial charge >= 0.3 is 0 Å². The summed E-state index contributed by atoms with van der Waals surface area (Å²) in [4.78, 5) is 22.4. The molecule has 19 nitrogen and oxygen atoms in total. The summed E-state index contributed by atoms with van der Waals surface area (Å²) in [6.45, 7) is 28.7. The topological polar surface area (TPSA) is 203 Å². The number of amides is 1. The highest BCUT2D eigenvalue weighted by atomic mass is 16.2. The SMILES string of the molecule is CCCCCC1CCC(C(=O)N2CCN(c3ccc(N=Nc4ccc(N=Nc5ccc(N=Nc6ccc(CCCC)cc6)cc5)c(C)c4)cc3)CC2)CC1.CCCCc1ccc(N=Nc2ccc(N=Nc3ccc(N(CC)CC)cc3C)cc2)cc1.CCN(CC)c1ccc(N=Nc2ccc(N=Nc3ccccc3)cc2)c(C)c1. The van der Waals surface area contributed by atoms with Gasteiger partial charge in [0.25, 0.3) is 0 Å². The summed E-state index contributed by atoms with van der Waals surface area (Å²) in [6, 6.07) is 75.5. The van der Waals surface area contributed by atoms with Crippen LogP contribution in [0.1, 0.15) is 153 Å². The molecule has 0 N–H and O–H groups in total. The number of carbonyl (C=O) groups excluding carboxylic acids is 1. The monoisotopic (exact) mass is 1520 g/mol. The van der Waals surface area contributed by atoms with Crippen LogP contribution in [0.15, 0.2) is 302 Å². The van der Waals surface area contributed by atoms with E-state index in [0.29, 0.717) is 5.91 Å². The highest BCUT2D eigenvalue weighted by Crippen LogP contribution is 2.36.